The highest BCUT2D eigenvalue weighted by atomic mass is 14.5. The molecule has 2 fully saturated rings. The van der Waals surface area contributed by atoms with Gasteiger partial charge in [0.25, 0.3) is 0 Å². The summed E-state index contributed by atoms with van der Waals surface area (Å²) in [6, 6.07) is 0. The van der Waals surface area contributed by atoms with Crippen molar-refractivity contribution in [1.29, 1.82) is 0 Å². The lowest BCUT2D eigenvalue weighted by Crippen LogP contribution is -2.41. The van der Waals surface area contributed by atoms with Crippen molar-refractivity contribution in [3.8, 4) is 0 Å². The van der Waals surface area contributed by atoms with E-state index < -0.39 is 0 Å². The largest absolute Gasteiger partial charge is 0.0596 e. The summed E-state index contributed by atoms with van der Waals surface area (Å²) >= 11 is 0. The monoisotopic (exact) mass is 138 g/mol. The topological polar surface area (TPSA) is 0 Å². The van der Waals surface area contributed by atoms with Gasteiger partial charge in [-0.15, -0.1) is 0 Å². The van der Waals surface area contributed by atoms with Gasteiger partial charge in [0.2, 0.25) is 0 Å². The highest BCUT2D eigenvalue weighted by molar-refractivity contribution is 4.94. The van der Waals surface area contributed by atoms with E-state index in [2.05, 4.69) is 13.8 Å². The minimum atomic E-state index is 0.696. The predicted octanol–water partition coefficient (Wildman–Crippen LogP) is 3.22. The van der Waals surface area contributed by atoms with Crippen LogP contribution in [0.5, 0.6) is 0 Å². The second kappa shape index (κ2) is 1.99. The fourth-order valence-electron chi connectivity index (χ4n) is 2.95. The van der Waals surface area contributed by atoms with E-state index in [0.29, 0.717) is 5.41 Å². The molecule has 0 aromatic rings. The Balaban J connectivity index is 2.08. The molecule has 0 heteroatoms. The van der Waals surface area contributed by atoms with Crippen LogP contribution in [0.2, 0.25) is 0 Å². The average molecular weight is 138 g/mol. The molecule has 2 saturated carbocycles. The molecule has 0 radical (unpaired) electrons. The van der Waals surface area contributed by atoms with Gasteiger partial charge in [-0.3, -0.25) is 0 Å². The van der Waals surface area contributed by atoms with Gasteiger partial charge in [0.15, 0.2) is 0 Å². The Kier molecular flexibility index (Phi) is 1.33. The first kappa shape index (κ1) is 6.69. The van der Waals surface area contributed by atoms with Crippen molar-refractivity contribution in [1.82, 2.24) is 0 Å². The summed E-state index contributed by atoms with van der Waals surface area (Å²) in [4.78, 5) is 0. The molecule has 2 aliphatic rings. The lowest BCUT2D eigenvalue weighted by molar-refractivity contribution is -0.00518. The number of fused-ring (bicyclic) bond motifs is 1. The summed E-state index contributed by atoms with van der Waals surface area (Å²) in [7, 11) is 0. The third-order valence-electron chi connectivity index (χ3n) is 3.82. The highest BCUT2D eigenvalue weighted by Gasteiger charge is 2.43. The molecule has 10 heavy (non-hydrogen) atoms. The normalized spacial score (nSPS) is 43.8. The zero-order chi connectivity index (χ0) is 7.19. The quantitative estimate of drug-likeness (QED) is 0.482. The van der Waals surface area contributed by atoms with Crippen LogP contribution >= 0.6 is 0 Å². The third kappa shape index (κ3) is 0.810. The maximum atomic E-state index is 2.46. The maximum Gasteiger partial charge on any atom is -0.0323 e. The fourth-order valence-corrected chi connectivity index (χ4v) is 2.95. The molecule has 0 heterocycles. The van der Waals surface area contributed by atoms with Crippen LogP contribution in [-0.4, -0.2) is 0 Å². The Bertz CT molecular complexity index is 135. The Morgan fingerprint density at radius 2 is 1.90 bits per heavy atom. The van der Waals surface area contributed by atoms with Gasteiger partial charge in [0, 0.05) is 0 Å². The molecule has 2 unspecified atom stereocenters. The van der Waals surface area contributed by atoms with Crippen molar-refractivity contribution in [3.05, 3.63) is 0 Å². The molecule has 2 aliphatic carbocycles. The summed E-state index contributed by atoms with van der Waals surface area (Å²) in [5.41, 5.74) is 0.696. The molecule has 0 aromatic heterocycles. The van der Waals surface area contributed by atoms with Crippen LogP contribution in [0, 0.1) is 17.3 Å². The van der Waals surface area contributed by atoms with Gasteiger partial charge >= 0.3 is 0 Å². The molecule has 0 bridgehead atoms. The lowest BCUT2D eigenvalue weighted by atomic mass is 9.54. The van der Waals surface area contributed by atoms with E-state index in [1.165, 1.54) is 32.1 Å². The summed E-state index contributed by atoms with van der Waals surface area (Å²) in [5.74, 6) is 2.23. The molecule has 0 N–H and O–H groups in total. The molecule has 0 nitrogen and oxygen atoms in total. The summed E-state index contributed by atoms with van der Waals surface area (Å²) in [6.07, 6.45) is 7.57. The van der Waals surface area contributed by atoms with Gasteiger partial charge in [0.1, 0.15) is 0 Å². The van der Waals surface area contributed by atoms with Crippen molar-refractivity contribution in [3.63, 3.8) is 0 Å². The van der Waals surface area contributed by atoms with Gasteiger partial charge < -0.3 is 0 Å². The van der Waals surface area contributed by atoms with Crippen LogP contribution < -0.4 is 0 Å². The van der Waals surface area contributed by atoms with Crippen LogP contribution in [0.15, 0.2) is 0 Å². The average Bonchev–Trinajstić information content (AvgIpc) is 1.73. The minimum Gasteiger partial charge on any atom is -0.0596 e. The van der Waals surface area contributed by atoms with Crippen molar-refractivity contribution < 1.29 is 0 Å². The predicted molar refractivity (Wildman–Crippen MR) is 43.8 cm³/mol. The second-order valence-corrected chi connectivity index (χ2v) is 4.82. The van der Waals surface area contributed by atoms with Crippen LogP contribution in [0.4, 0.5) is 0 Å². The van der Waals surface area contributed by atoms with Gasteiger partial charge in [-0.25, -0.2) is 0 Å². The maximum absolute atomic E-state index is 2.46. The van der Waals surface area contributed by atoms with E-state index in [9.17, 15) is 0 Å². The molecule has 0 saturated heterocycles. The Labute approximate surface area is 64.0 Å². The van der Waals surface area contributed by atoms with E-state index in [1.807, 2.05) is 0 Å². The Morgan fingerprint density at radius 3 is 2.30 bits per heavy atom. The first-order valence-electron chi connectivity index (χ1n) is 4.70. The van der Waals surface area contributed by atoms with E-state index in [1.54, 1.807) is 0 Å². The number of hydrogen-bond donors (Lipinski definition) is 0. The number of rotatable bonds is 0. The first-order chi connectivity index (χ1) is 4.70. The lowest BCUT2D eigenvalue weighted by Gasteiger charge is -2.51. The molecule has 58 valence electrons. The van der Waals surface area contributed by atoms with E-state index in [0.717, 1.165) is 11.8 Å². The van der Waals surface area contributed by atoms with Gasteiger partial charge in [-0.1, -0.05) is 26.7 Å². The second-order valence-electron chi connectivity index (χ2n) is 4.82. The van der Waals surface area contributed by atoms with Crippen molar-refractivity contribution in [2.45, 2.75) is 46.0 Å². The molecule has 0 spiro atoms. The first-order valence-corrected chi connectivity index (χ1v) is 4.70. The van der Waals surface area contributed by atoms with Gasteiger partial charge in [-0.05, 0) is 36.5 Å². The zero-order valence-corrected chi connectivity index (χ0v) is 7.19. The summed E-state index contributed by atoms with van der Waals surface area (Å²) in [5, 5.41) is 0. The molecule has 0 amide bonds. The molecular formula is C10H18. The van der Waals surface area contributed by atoms with Crippen LogP contribution in [0.1, 0.15) is 46.0 Å². The smallest absolute Gasteiger partial charge is 0.0323 e. The van der Waals surface area contributed by atoms with Crippen molar-refractivity contribution in [2.75, 3.05) is 0 Å². The van der Waals surface area contributed by atoms with E-state index in [-0.39, 0.29) is 0 Å². The van der Waals surface area contributed by atoms with Gasteiger partial charge in [0.05, 0.1) is 0 Å². The zero-order valence-electron chi connectivity index (χ0n) is 7.19. The SMILES string of the molecule is CC1(C)CCCC2CCC21. The number of hydrogen-bond acceptors (Lipinski definition) is 0. The van der Waals surface area contributed by atoms with Crippen LogP contribution in [0.3, 0.4) is 0 Å². The molecule has 0 aromatic carbocycles. The van der Waals surface area contributed by atoms with Crippen LogP contribution in [0.25, 0.3) is 0 Å². The molecule has 2 rings (SSSR count). The summed E-state index contributed by atoms with van der Waals surface area (Å²) < 4.78 is 0. The van der Waals surface area contributed by atoms with E-state index in [4.69, 9.17) is 0 Å². The highest BCUT2D eigenvalue weighted by Crippen LogP contribution is 2.54. The van der Waals surface area contributed by atoms with Gasteiger partial charge in [-0.2, -0.15) is 0 Å². The minimum absolute atomic E-state index is 0.696. The molecule has 0 aliphatic heterocycles. The summed E-state index contributed by atoms with van der Waals surface area (Å²) in [6.45, 7) is 4.92. The Hall–Kier alpha value is 0. The van der Waals surface area contributed by atoms with Crippen LogP contribution in [-0.2, 0) is 0 Å². The standard InChI is InChI=1S/C10H18/c1-10(2)7-3-4-8-5-6-9(8)10/h8-9H,3-7H2,1-2H3. The third-order valence-corrected chi connectivity index (χ3v) is 3.82. The fraction of sp³-hybridized carbons (Fsp3) is 1.00. The van der Waals surface area contributed by atoms with Crippen molar-refractivity contribution >= 4 is 0 Å². The molecular weight excluding hydrogens is 120 g/mol. The molecule has 2 atom stereocenters. The Morgan fingerprint density at radius 1 is 1.10 bits per heavy atom. The van der Waals surface area contributed by atoms with Crippen molar-refractivity contribution in [2.24, 2.45) is 17.3 Å². The van der Waals surface area contributed by atoms with E-state index >= 15 is 0 Å².